The molecule has 6 nitrogen and oxygen atoms in total. The van der Waals surface area contributed by atoms with Crippen LogP contribution in [0.1, 0.15) is 11.3 Å². The van der Waals surface area contributed by atoms with Crippen LogP contribution in [-0.4, -0.2) is 31.5 Å². The Hall–Kier alpha value is -2.42. The van der Waals surface area contributed by atoms with E-state index in [1.807, 2.05) is 28.8 Å². The molecule has 0 fully saturated rings. The highest BCUT2D eigenvalue weighted by Crippen LogP contribution is 2.32. The quantitative estimate of drug-likeness (QED) is 0.399. The number of thioether (sulfide) groups is 1. The molecule has 4 aromatic rings. The van der Waals surface area contributed by atoms with Gasteiger partial charge in [0.25, 0.3) is 0 Å². The Bertz CT molecular complexity index is 1080. The van der Waals surface area contributed by atoms with Gasteiger partial charge in [0.2, 0.25) is 0 Å². The minimum Gasteiger partial charge on any atom is -0.497 e. The van der Waals surface area contributed by atoms with Crippen molar-refractivity contribution in [3.8, 4) is 22.8 Å². The molecule has 9 heteroatoms. The first-order chi connectivity index (χ1) is 13.7. The van der Waals surface area contributed by atoms with Gasteiger partial charge in [0.05, 0.1) is 7.11 Å². The van der Waals surface area contributed by atoms with E-state index >= 15 is 0 Å². The lowest BCUT2D eigenvalue weighted by molar-refractivity contribution is 0.415. The zero-order chi connectivity index (χ0) is 19.5. The number of rotatable bonds is 6. The zero-order valence-corrected chi connectivity index (χ0v) is 17.6. The standard InChI is InChI=1S/C19H16ClN5OS2/c1-12-3-7-14(8-4-12)25-18(13-5-9-15(26-2)10-6-13)22-23-19(25)27-11-16-17(20)28-24-21-16/h3-10H,11H2,1-2H3. The van der Waals surface area contributed by atoms with Gasteiger partial charge in [-0.05, 0) is 43.3 Å². The highest BCUT2D eigenvalue weighted by atomic mass is 35.5. The second-order valence-corrected chi connectivity index (χ2v) is 8.29. The molecule has 0 saturated heterocycles. The normalized spacial score (nSPS) is 11.0. The van der Waals surface area contributed by atoms with Crippen LogP contribution in [0.5, 0.6) is 5.75 Å². The number of benzene rings is 2. The average molecular weight is 430 g/mol. The Morgan fingerprint density at radius 2 is 1.79 bits per heavy atom. The summed E-state index contributed by atoms with van der Waals surface area (Å²) in [6.07, 6.45) is 0. The van der Waals surface area contributed by atoms with Gasteiger partial charge < -0.3 is 4.74 Å². The first-order valence-corrected chi connectivity index (χ1v) is 10.6. The molecule has 0 aliphatic heterocycles. The second kappa shape index (κ2) is 8.30. The van der Waals surface area contributed by atoms with Crippen molar-refractivity contribution in [2.45, 2.75) is 17.8 Å². The summed E-state index contributed by atoms with van der Waals surface area (Å²) in [6, 6.07) is 16.0. The molecule has 0 bridgehead atoms. The number of nitrogens with zero attached hydrogens (tertiary/aromatic N) is 5. The van der Waals surface area contributed by atoms with Crippen LogP contribution >= 0.6 is 34.9 Å². The predicted octanol–water partition coefficient (Wildman–Crippen LogP) is 5.05. The Kier molecular flexibility index (Phi) is 5.61. The van der Waals surface area contributed by atoms with Gasteiger partial charge in [0, 0.05) is 28.5 Å². The molecule has 0 aliphatic rings. The molecule has 0 radical (unpaired) electrons. The maximum atomic E-state index is 6.14. The van der Waals surface area contributed by atoms with Crippen molar-refractivity contribution in [1.82, 2.24) is 24.4 Å². The molecule has 2 aromatic heterocycles. The number of ether oxygens (including phenoxy) is 1. The molecule has 0 atom stereocenters. The summed E-state index contributed by atoms with van der Waals surface area (Å²) >= 11 is 8.84. The van der Waals surface area contributed by atoms with Crippen molar-refractivity contribution < 1.29 is 4.74 Å². The summed E-state index contributed by atoms with van der Waals surface area (Å²) in [7, 11) is 1.65. The van der Waals surface area contributed by atoms with Gasteiger partial charge in [0.15, 0.2) is 11.0 Å². The summed E-state index contributed by atoms with van der Waals surface area (Å²) in [5, 5.41) is 13.7. The molecule has 0 unspecified atom stereocenters. The van der Waals surface area contributed by atoms with E-state index in [-0.39, 0.29) is 0 Å². The number of halogens is 1. The smallest absolute Gasteiger partial charge is 0.196 e. The third-order valence-electron chi connectivity index (χ3n) is 4.12. The van der Waals surface area contributed by atoms with Crippen molar-refractivity contribution in [3.63, 3.8) is 0 Å². The van der Waals surface area contributed by atoms with Gasteiger partial charge in [-0.3, -0.25) is 4.57 Å². The van der Waals surface area contributed by atoms with Gasteiger partial charge in [-0.15, -0.1) is 15.3 Å². The van der Waals surface area contributed by atoms with Crippen LogP contribution in [-0.2, 0) is 5.75 Å². The molecular weight excluding hydrogens is 414 g/mol. The van der Waals surface area contributed by atoms with Crippen LogP contribution in [0.25, 0.3) is 17.1 Å². The highest BCUT2D eigenvalue weighted by Gasteiger charge is 2.17. The Balaban J connectivity index is 1.74. The Labute approximate surface area is 175 Å². The van der Waals surface area contributed by atoms with Crippen molar-refractivity contribution >= 4 is 34.9 Å². The largest absolute Gasteiger partial charge is 0.497 e. The van der Waals surface area contributed by atoms with E-state index in [0.29, 0.717) is 10.1 Å². The minimum absolute atomic E-state index is 0.571. The summed E-state index contributed by atoms with van der Waals surface area (Å²) < 4.78 is 11.8. The number of methoxy groups -OCH3 is 1. The number of hydrogen-bond acceptors (Lipinski definition) is 7. The fraction of sp³-hybridized carbons (Fsp3) is 0.158. The second-order valence-electron chi connectivity index (χ2n) is 5.99. The SMILES string of the molecule is COc1ccc(-c2nnc(SCc3nnsc3Cl)n2-c2ccc(C)cc2)cc1. The summed E-state index contributed by atoms with van der Waals surface area (Å²) in [5.74, 6) is 2.13. The molecule has 4 rings (SSSR count). The fourth-order valence-corrected chi connectivity index (χ4v) is 4.32. The average Bonchev–Trinajstić information content (AvgIpc) is 3.33. The first-order valence-electron chi connectivity index (χ1n) is 8.42. The fourth-order valence-electron chi connectivity index (χ4n) is 2.63. The zero-order valence-electron chi connectivity index (χ0n) is 15.2. The maximum Gasteiger partial charge on any atom is 0.196 e. The van der Waals surface area contributed by atoms with E-state index in [1.54, 1.807) is 7.11 Å². The van der Waals surface area contributed by atoms with Crippen molar-refractivity contribution in [2.75, 3.05) is 7.11 Å². The van der Waals surface area contributed by atoms with Crippen molar-refractivity contribution in [3.05, 3.63) is 64.1 Å². The first kappa shape index (κ1) is 18.9. The lowest BCUT2D eigenvalue weighted by atomic mass is 10.2. The van der Waals surface area contributed by atoms with Crippen LogP contribution in [0.15, 0.2) is 53.7 Å². The van der Waals surface area contributed by atoms with E-state index in [4.69, 9.17) is 16.3 Å². The molecule has 0 amide bonds. The lowest BCUT2D eigenvalue weighted by Crippen LogP contribution is -2.00. The topological polar surface area (TPSA) is 65.7 Å². The van der Waals surface area contributed by atoms with Crippen molar-refractivity contribution in [1.29, 1.82) is 0 Å². The number of hydrogen-bond donors (Lipinski definition) is 0. The van der Waals surface area contributed by atoms with Crippen LogP contribution in [0.2, 0.25) is 4.34 Å². The Morgan fingerprint density at radius 3 is 2.43 bits per heavy atom. The van der Waals surface area contributed by atoms with E-state index in [2.05, 4.69) is 51.0 Å². The highest BCUT2D eigenvalue weighted by molar-refractivity contribution is 7.98. The number of aryl methyl sites for hydroxylation is 1. The van der Waals surface area contributed by atoms with Crippen LogP contribution in [0.4, 0.5) is 0 Å². The minimum atomic E-state index is 0.571. The molecule has 2 heterocycles. The molecule has 0 aliphatic carbocycles. The van der Waals surface area contributed by atoms with Gasteiger partial charge in [0.1, 0.15) is 15.8 Å². The third-order valence-corrected chi connectivity index (χ3v) is 6.05. The molecule has 2 aromatic carbocycles. The van der Waals surface area contributed by atoms with Gasteiger partial charge >= 0.3 is 0 Å². The van der Waals surface area contributed by atoms with Crippen LogP contribution < -0.4 is 4.74 Å². The monoisotopic (exact) mass is 429 g/mol. The molecule has 0 N–H and O–H groups in total. The maximum absolute atomic E-state index is 6.14. The molecule has 0 saturated carbocycles. The van der Waals surface area contributed by atoms with Crippen LogP contribution in [0.3, 0.4) is 0 Å². The van der Waals surface area contributed by atoms with E-state index in [1.165, 1.54) is 28.9 Å². The van der Waals surface area contributed by atoms with Gasteiger partial charge in [-0.25, -0.2) is 0 Å². The summed E-state index contributed by atoms with van der Waals surface area (Å²) in [4.78, 5) is 0. The summed E-state index contributed by atoms with van der Waals surface area (Å²) in [6.45, 7) is 2.06. The van der Waals surface area contributed by atoms with E-state index < -0.39 is 0 Å². The van der Waals surface area contributed by atoms with Crippen LogP contribution in [0, 0.1) is 6.92 Å². The molecule has 28 heavy (non-hydrogen) atoms. The van der Waals surface area contributed by atoms with Gasteiger partial charge in [-0.1, -0.05) is 45.5 Å². The third kappa shape index (κ3) is 3.89. The van der Waals surface area contributed by atoms with Crippen molar-refractivity contribution in [2.24, 2.45) is 0 Å². The van der Waals surface area contributed by atoms with E-state index in [9.17, 15) is 0 Å². The number of aromatic nitrogens is 5. The van der Waals surface area contributed by atoms with Gasteiger partial charge in [-0.2, -0.15) is 0 Å². The summed E-state index contributed by atoms with van der Waals surface area (Å²) in [5.41, 5.74) is 3.89. The predicted molar refractivity (Wildman–Crippen MR) is 113 cm³/mol. The molecular formula is C19H16ClN5OS2. The van der Waals surface area contributed by atoms with E-state index in [0.717, 1.165) is 33.7 Å². The lowest BCUT2D eigenvalue weighted by Gasteiger charge is -2.11. The Morgan fingerprint density at radius 1 is 1.04 bits per heavy atom. The molecule has 0 spiro atoms. The molecule has 142 valence electrons.